The van der Waals surface area contributed by atoms with Crippen LogP contribution in [0.5, 0.6) is 0 Å². The second kappa shape index (κ2) is 7.47. The van der Waals surface area contributed by atoms with Crippen LogP contribution < -0.4 is 5.32 Å². The Morgan fingerprint density at radius 1 is 1.18 bits per heavy atom. The van der Waals surface area contributed by atoms with Crippen molar-refractivity contribution in [1.29, 1.82) is 0 Å². The van der Waals surface area contributed by atoms with Gasteiger partial charge in [0.05, 0.1) is 36.4 Å². The summed E-state index contributed by atoms with van der Waals surface area (Å²) in [5.74, 6) is 1.45. The van der Waals surface area contributed by atoms with Gasteiger partial charge in [-0.1, -0.05) is 5.16 Å². The number of anilines is 1. The average molecular weight is 466 g/mol. The first-order valence-electron chi connectivity index (χ1n) is 12.1. The minimum absolute atomic E-state index is 0.0319. The molecule has 11 nitrogen and oxygen atoms in total. The molecule has 3 aromatic heterocycles. The Hall–Kier alpha value is -3.05. The third-order valence-corrected chi connectivity index (χ3v) is 8.15. The van der Waals surface area contributed by atoms with Crippen molar-refractivity contribution >= 4 is 22.8 Å². The topological polar surface area (TPSA) is 142 Å². The van der Waals surface area contributed by atoms with Crippen molar-refractivity contribution in [2.75, 3.05) is 31.6 Å². The van der Waals surface area contributed by atoms with Crippen molar-refractivity contribution < 1.29 is 19.2 Å². The van der Waals surface area contributed by atoms with Crippen LogP contribution in [0, 0.1) is 17.8 Å². The van der Waals surface area contributed by atoms with Gasteiger partial charge in [-0.2, -0.15) is 4.98 Å². The fourth-order valence-electron chi connectivity index (χ4n) is 6.92. The predicted octanol–water partition coefficient (Wildman–Crippen LogP) is 1.83. The van der Waals surface area contributed by atoms with E-state index in [-0.39, 0.29) is 23.7 Å². The fourth-order valence-corrected chi connectivity index (χ4v) is 6.92. The lowest BCUT2D eigenvalue weighted by atomic mass is 9.52. The first kappa shape index (κ1) is 20.3. The van der Waals surface area contributed by atoms with Gasteiger partial charge in [-0.3, -0.25) is 4.79 Å². The number of carbonyl (C=O) groups excluding carboxylic acids is 1. The average Bonchev–Trinajstić information content (AvgIpc) is 3.50. The number of nitrogens with zero attached hydrogens (tertiary/aromatic N) is 5. The summed E-state index contributed by atoms with van der Waals surface area (Å²) >= 11 is 0. The smallest absolute Gasteiger partial charge is 0.295 e. The molecule has 1 saturated heterocycles. The zero-order valence-corrected chi connectivity index (χ0v) is 18.7. The lowest BCUT2D eigenvalue weighted by molar-refractivity contribution is -0.129. The van der Waals surface area contributed by atoms with Gasteiger partial charge in [0.1, 0.15) is 5.52 Å². The van der Waals surface area contributed by atoms with E-state index in [0.717, 1.165) is 43.3 Å². The number of rotatable bonds is 4. The molecular weight excluding hydrogens is 438 g/mol. The molecule has 4 bridgehead atoms. The maximum atomic E-state index is 12.8. The SMILES string of the molecule is O=C(c1noc(-c2cnc3nc[nH]c3c2NC2C3CC4CC2CC(O)(C4)C3)n1)N1CCOCC1. The lowest BCUT2D eigenvalue weighted by Gasteiger charge is -2.58. The molecule has 5 aliphatic rings. The minimum atomic E-state index is -0.500. The van der Waals surface area contributed by atoms with Crippen molar-refractivity contribution in [2.24, 2.45) is 17.8 Å². The van der Waals surface area contributed by atoms with E-state index in [9.17, 15) is 9.90 Å². The number of morpholine rings is 1. The van der Waals surface area contributed by atoms with Crippen LogP contribution in [-0.4, -0.2) is 79.0 Å². The zero-order chi connectivity index (χ0) is 22.9. The largest absolute Gasteiger partial charge is 0.390 e. The summed E-state index contributed by atoms with van der Waals surface area (Å²) in [6.07, 6.45) is 8.19. The van der Waals surface area contributed by atoms with Crippen LogP contribution >= 0.6 is 0 Å². The maximum Gasteiger partial charge on any atom is 0.295 e. The van der Waals surface area contributed by atoms with Crippen molar-refractivity contribution in [3.05, 3.63) is 18.3 Å². The van der Waals surface area contributed by atoms with Crippen LogP contribution in [0.3, 0.4) is 0 Å². The molecule has 4 aliphatic carbocycles. The quantitative estimate of drug-likeness (QED) is 0.526. The summed E-state index contributed by atoms with van der Waals surface area (Å²) < 4.78 is 10.9. The van der Waals surface area contributed by atoms with Crippen molar-refractivity contribution in [2.45, 2.75) is 43.7 Å². The van der Waals surface area contributed by atoms with Gasteiger partial charge < -0.3 is 29.6 Å². The lowest BCUT2D eigenvalue weighted by Crippen LogP contribution is -2.59. The number of aromatic amines is 1. The van der Waals surface area contributed by atoms with E-state index in [4.69, 9.17) is 9.26 Å². The van der Waals surface area contributed by atoms with Gasteiger partial charge in [-0.25, -0.2) is 9.97 Å². The van der Waals surface area contributed by atoms with Crippen LogP contribution in [0.25, 0.3) is 22.6 Å². The number of hydrogen-bond acceptors (Lipinski definition) is 9. The van der Waals surface area contributed by atoms with Crippen LogP contribution in [0.2, 0.25) is 0 Å². The van der Waals surface area contributed by atoms with Gasteiger partial charge in [-0.15, -0.1) is 0 Å². The summed E-state index contributed by atoms with van der Waals surface area (Å²) in [6, 6.07) is 0.238. The van der Waals surface area contributed by atoms with E-state index in [1.54, 1.807) is 17.4 Å². The number of carbonyl (C=O) groups is 1. The summed E-state index contributed by atoms with van der Waals surface area (Å²) in [6.45, 7) is 2.03. The molecule has 2 atom stereocenters. The van der Waals surface area contributed by atoms with Gasteiger partial charge in [-0.05, 0) is 49.9 Å². The number of aromatic nitrogens is 5. The van der Waals surface area contributed by atoms with E-state index < -0.39 is 5.60 Å². The molecule has 0 radical (unpaired) electrons. The maximum absolute atomic E-state index is 12.8. The summed E-state index contributed by atoms with van der Waals surface area (Å²) in [4.78, 5) is 30.9. The number of pyridine rings is 1. The number of imidazole rings is 1. The van der Waals surface area contributed by atoms with E-state index in [1.807, 2.05) is 0 Å². The zero-order valence-electron chi connectivity index (χ0n) is 18.7. The molecule has 178 valence electrons. The van der Waals surface area contributed by atoms with Gasteiger partial charge in [0.25, 0.3) is 17.6 Å². The molecule has 1 amide bonds. The molecule has 8 rings (SSSR count). The van der Waals surface area contributed by atoms with Crippen molar-refractivity contribution in [3.63, 3.8) is 0 Å². The van der Waals surface area contributed by atoms with Gasteiger partial charge in [0.15, 0.2) is 5.65 Å². The first-order valence-corrected chi connectivity index (χ1v) is 12.1. The Balaban J connectivity index is 1.23. The number of fused-ring (bicyclic) bond motifs is 1. The Kier molecular flexibility index (Phi) is 4.47. The highest BCUT2D eigenvalue weighted by atomic mass is 16.5. The Morgan fingerprint density at radius 2 is 1.97 bits per heavy atom. The molecule has 34 heavy (non-hydrogen) atoms. The molecule has 1 aliphatic heterocycles. The summed E-state index contributed by atoms with van der Waals surface area (Å²) in [7, 11) is 0. The van der Waals surface area contributed by atoms with Gasteiger partial charge in [0, 0.05) is 25.3 Å². The highest BCUT2D eigenvalue weighted by Gasteiger charge is 2.54. The second-order valence-corrected chi connectivity index (χ2v) is 10.3. The predicted molar refractivity (Wildman–Crippen MR) is 120 cm³/mol. The highest BCUT2D eigenvalue weighted by Crippen LogP contribution is 2.56. The molecule has 0 spiro atoms. The minimum Gasteiger partial charge on any atom is -0.390 e. The van der Waals surface area contributed by atoms with E-state index >= 15 is 0 Å². The van der Waals surface area contributed by atoms with Crippen LogP contribution in [0.1, 0.15) is 42.7 Å². The van der Waals surface area contributed by atoms with Gasteiger partial charge >= 0.3 is 0 Å². The molecular formula is C23H27N7O4. The molecule has 2 unspecified atom stereocenters. The third kappa shape index (κ3) is 3.21. The molecule has 4 heterocycles. The highest BCUT2D eigenvalue weighted by molar-refractivity contribution is 5.95. The van der Waals surface area contributed by atoms with Crippen LogP contribution in [0.4, 0.5) is 5.69 Å². The Morgan fingerprint density at radius 3 is 2.74 bits per heavy atom. The number of amides is 1. The van der Waals surface area contributed by atoms with E-state index in [1.165, 1.54) is 0 Å². The third-order valence-electron chi connectivity index (χ3n) is 8.15. The number of ether oxygens (including phenoxy) is 1. The monoisotopic (exact) mass is 465 g/mol. The molecule has 3 N–H and O–H groups in total. The standard InChI is InChI=1S/C23H27N7O4/c31-22(30-1-3-33-4-2-30)20-28-21(34-29-20)15-10-24-19-18(25-11-26-19)17(15)27-16-13-5-12-6-14(16)9-23(32,7-12)8-13/h10-14,16,32H,1-9H2,(H2,24,25,26,27). The van der Waals surface area contributed by atoms with Crippen LogP contribution in [0.15, 0.2) is 17.0 Å². The van der Waals surface area contributed by atoms with Crippen molar-refractivity contribution in [1.82, 2.24) is 30.0 Å². The Labute approximate surface area is 195 Å². The number of hydrogen-bond donors (Lipinski definition) is 3. The van der Waals surface area contributed by atoms with Crippen molar-refractivity contribution in [3.8, 4) is 11.5 Å². The molecule has 0 aromatic carbocycles. The first-order chi connectivity index (χ1) is 16.6. The molecule has 11 heteroatoms. The molecule has 5 fully saturated rings. The normalized spacial score (nSPS) is 32.4. The Bertz CT molecular complexity index is 1230. The summed E-state index contributed by atoms with van der Waals surface area (Å²) in [5, 5.41) is 18.7. The second-order valence-electron chi connectivity index (χ2n) is 10.3. The molecule has 4 saturated carbocycles. The molecule has 3 aromatic rings. The van der Waals surface area contributed by atoms with E-state index in [0.29, 0.717) is 55.3 Å². The van der Waals surface area contributed by atoms with Gasteiger partial charge in [0.2, 0.25) is 0 Å². The fraction of sp³-hybridized carbons (Fsp3) is 0.609. The van der Waals surface area contributed by atoms with E-state index in [2.05, 4.69) is 30.4 Å². The summed E-state index contributed by atoms with van der Waals surface area (Å²) in [5.41, 5.74) is 2.31. The van der Waals surface area contributed by atoms with Crippen LogP contribution in [-0.2, 0) is 4.74 Å². The number of aliphatic hydroxyl groups is 1. The number of nitrogens with one attached hydrogen (secondary N) is 2. The number of H-pyrrole nitrogens is 1.